The van der Waals surface area contributed by atoms with E-state index in [0.29, 0.717) is 16.8 Å². The first-order valence-electron chi connectivity index (χ1n) is 6.02. The van der Waals surface area contributed by atoms with Gasteiger partial charge in [0.2, 0.25) is 0 Å². The van der Waals surface area contributed by atoms with Gasteiger partial charge in [-0.25, -0.2) is 4.98 Å². The predicted molar refractivity (Wildman–Crippen MR) is 65.4 cm³/mol. The van der Waals surface area contributed by atoms with Crippen molar-refractivity contribution in [3.05, 3.63) is 16.7 Å². The van der Waals surface area contributed by atoms with Crippen LogP contribution in [-0.4, -0.2) is 20.6 Å². The van der Waals surface area contributed by atoms with E-state index < -0.39 is 5.97 Å². The van der Waals surface area contributed by atoms with Gasteiger partial charge in [0.25, 0.3) is 0 Å². The molecular formula is C12H17ClN2O2. The van der Waals surface area contributed by atoms with Crippen LogP contribution in [0.25, 0.3) is 0 Å². The monoisotopic (exact) mass is 256 g/mol. The van der Waals surface area contributed by atoms with E-state index in [4.69, 9.17) is 16.7 Å². The smallest absolute Gasteiger partial charge is 0.309 e. The molecule has 0 atom stereocenters. The third-order valence-electron chi connectivity index (χ3n) is 3.41. The lowest BCUT2D eigenvalue weighted by Gasteiger charge is -2.20. The van der Waals surface area contributed by atoms with Crippen molar-refractivity contribution in [3.63, 3.8) is 0 Å². The minimum atomic E-state index is -0.889. The average molecular weight is 257 g/mol. The predicted octanol–water partition coefficient (Wildman–Crippen LogP) is 2.75. The van der Waals surface area contributed by atoms with Gasteiger partial charge < -0.3 is 9.67 Å². The van der Waals surface area contributed by atoms with E-state index >= 15 is 0 Å². The van der Waals surface area contributed by atoms with Crippen LogP contribution in [0.3, 0.4) is 0 Å². The Morgan fingerprint density at radius 3 is 2.71 bits per heavy atom. The number of aromatic nitrogens is 2. The standard InChI is InChI=1S/C12H17ClN2O2/c1-15-11(13)9(7-10(16)17)14-12(15)8-5-3-2-4-6-8/h8H,2-7H2,1H3,(H,16,17). The maximum Gasteiger partial charge on any atom is 0.309 e. The molecule has 0 aliphatic heterocycles. The largest absolute Gasteiger partial charge is 0.481 e. The molecule has 17 heavy (non-hydrogen) atoms. The molecule has 1 N–H and O–H groups in total. The molecular weight excluding hydrogens is 240 g/mol. The van der Waals surface area contributed by atoms with E-state index in [1.165, 1.54) is 19.3 Å². The van der Waals surface area contributed by atoms with Gasteiger partial charge in [-0.1, -0.05) is 30.9 Å². The minimum absolute atomic E-state index is 0.0978. The molecule has 94 valence electrons. The molecule has 1 aliphatic rings. The first-order chi connectivity index (χ1) is 8.09. The van der Waals surface area contributed by atoms with Crippen molar-refractivity contribution in [1.82, 2.24) is 9.55 Å². The summed E-state index contributed by atoms with van der Waals surface area (Å²) in [7, 11) is 1.87. The van der Waals surface area contributed by atoms with Crippen LogP contribution in [0, 0.1) is 0 Å². The molecule has 0 radical (unpaired) electrons. The van der Waals surface area contributed by atoms with Crippen molar-refractivity contribution in [3.8, 4) is 0 Å². The second kappa shape index (κ2) is 5.08. The summed E-state index contributed by atoms with van der Waals surface area (Å²) in [5, 5.41) is 9.26. The van der Waals surface area contributed by atoms with E-state index in [9.17, 15) is 4.79 Å². The molecule has 1 aromatic heterocycles. The molecule has 1 heterocycles. The lowest BCUT2D eigenvalue weighted by molar-refractivity contribution is -0.136. The lowest BCUT2D eigenvalue weighted by Crippen LogP contribution is -2.10. The van der Waals surface area contributed by atoms with E-state index in [-0.39, 0.29) is 6.42 Å². The van der Waals surface area contributed by atoms with Gasteiger partial charge in [0.15, 0.2) is 0 Å². The molecule has 0 saturated heterocycles. The van der Waals surface area contributed by atoms with Crippen molar-refractivity contribution >= 4 is 17.6 Å². The summed E-state index contributed by atoms with van der Waals surface area (Å²) in [5.41, 5.74) is 0.488. The van der Waals surface area contributed by atoms with Crippen LogP contribution in [0.1, 0.15) is 49.5 Å². The highest BCUT2D eigenvalue weighted by Gasteiger charge is 2.23. The molecule has 0 unspecified atom stereocenters. The van der Waals surface area contributed by atoms with Crippen LogP contribution >= 0.6 is 11.6 Å². The normalized spacial score (nSPS) is 17.3. The molecule has 0 spiro atoms. The Balaban J connectivity index is 2.25. The minimum Gasteiger partial charge on any atom is -0.481 e. The number of carboxylic acid groups (broad SMARTS) is 1. The Morgan fingerprint density at radius 1 is 1.47 bits per heavy atom. The zero-order valence-corrected chi connectivity index (χ0v) is 10.7. The van der Waals surface area contributed by atoms with E-state index in [1.54, 1.807) is 0 Å². The third kappa shape index (κ3) is 2.63. The van der Waals surface area contributed by atoms with Gasteiger partial charge in [-0.2, -0.15) is 0 Å². The number of hydrogen-bond donors (Lipinski definition) is 1. The number of carbonyl (C=O) groups is 1. The molecule has 2 rings (SSSR count). The topological polar surface area (TPSA) is 55.1 Å². The van der Waals surface area contributed by atoms with Gasteiger partial charge in [0, 0.05) is 13.0 Å². The van der Waals surface area contributed by atoms with Crippen molar-refractivity contribution in [2.45, 2.75) is 44.4 Å². The average Bonchev–Trinajstić information content (AvgIpc) is 2.58. The number of aliphatic carboxylic acids is 1. The zero-order chi connectivity index (χ0) is 12.4. The number of imidazole rings is 1. The molecule has 4 nitrogen and oxygen atoms in total. The Kier molecular flexibility index (Phi) is 3.72. The molecule has 5 heteroatoms. The Morgan fingerprint density at radius 2 is 2.12 bits per heavy atom. The second-order valence-electron chi connectivity index (χ2n) is 4.67. The van der Waals surface area contributed by atoms with Crippen LogP contribution in [0.4, 0.5) is 0 Å². The number of carboxylic acids is 1. The van der Waals surface area contributed by atoms with Crippen LogP contribution in [0.2, 0.25) is 5.15 Å². The highest BCUT2D eigenvalue weighted by molar-refractivity contribution is 6.30. The molecule has 1 saturated carbocycles. The Hall–Kier alpha value is -1.03. The molecule has 0 bridgehead atoms. The van der Waals surface area contributed by atoms with Crippen molar-refractivity contribution in [2.24, 2.45) is 7.05 Å². The summed E-state index contributed by atoms with van der Waals surface area (Å²) in [6.07, 6.45) is 5.91. The third-order valence-corrected chi connectivity index (χ3v) is 3.89. The van der Waals surface area contributed by atoms with Gasteiger partial charge in [-0.05, 0) is 12.8 Å². The van der Waals surface area contributed by atoms with Gasteiger partial charge in [-0.3, -0.25) is 4.79 Å². The number of hydrogen-bond acceptors (Lipinski definition) is 2. The van der Waals surface area contributed by atoms with Gasteiger partial charge in [0.1, 0.15) is 11.0 Å². The summed E-state index contributed by atoms with van der Waals surface area (Å²) in [5.74, 6) is 0.500. The van der Waals surface area contributed by atoms with Crippen molar-refractivity contribution in [1.29, 1.82) is 0 Å². The van der Waals surface area contributed by atoms with Crippen molar-refractivity contribution < 1.29 is 9.90 Å². The highest BCUT2D eigenvalue weighted by Crippen LogP contribution is 2.33. The fourth-order valence-corrected chi connectivity index (χ4v) is 2.73. The van der Waals surface area contributed by atoms with E-state index in [2.05, 4.69) is 4.98 Å². The zero-order valence-electron chi connectivity index (χ0n) is 9.95. The van der Waals surface area contributed by atoms with E-state index in [1.807, 2.05) is 11.6 Å². The number of rotatable bonds is 3. The Bertz CT molecular complexity index is 422. The number of nitrogens with zero attached hydrogens (tertiary/aromatic N) is 2. The molecule has 0 amide bonds. The highest BCUT2D eigenvalue weighted by atomic mass is 35.5. The molecule has 1 fully saturated rings. The van der Waals surface area contributed by atoms with Gasteiger partial charge in [-0.15, -0.1) is 0 Å². The van der Waals surface area contributed by atoms with E-state index in [0.717, 1.165) is 18.7 Å². The maximum atomic E-state index is 10.7. The summed E-state index contributed by atoms with van der Waals surface area (Å²) in [6, 6.07) is 0. The van der Waals surface area contributed by atoms with Crippen LogP contribution in [0.5, 0.6) is 0 Å². The van der Waals surface area contributed by atoms with Crippen molar-refractivity contribution in [2.75, 3.05) is 0 Å². The Labute approximate surface area is 106 Å². The molecule has 1 aromatic rings. The van der Waals surface area contributed by atoms with Gasteiger partial charge in [0.05, 0.1) is 12.1 Å². The van der Waals surface area contributed by atoms with Crippen LogP contribution in [-0.2, 0) is 18.3 Å². The first kappa shape index (κ1) is 12.4. The molecule has 0 aromatic carbocycles. The summed E-state index contributed by atoms with van der Waals surface area (Å²) in [6.45, 7) is 0. The first-order valence-corrected chi connectivity index (χ1v) is 6.40. The van der Waals surface area contributed by atoms with Crippen LogP contribution in [0.15, 0.2) is 0 Å². The second-order valence-corrected chi connectivity index (χ2v) is 5.03. The number of halogens is 1. The van der Waals surface area contributed by atoms with Crippen LogP contribution < -0.4 is 0 Å². The summed E-state index contributed by atoms with van der Waals surface area (Å²) >= 11 is 6.11. The fourth-order valence-electron chi connectivity index (χ4n) is 2.54. The lowest BCUT2D eigenvalue weighted by atomic mass is 9.89. The fraction of sp³-hybridized carbons (Fsp3) is 0.667. The quantitative estimate of drug-likeness (QED) is 0.905. The summed E-state index contributed by atoms with van der Waals surface area (Å²) in [4.78, 5) is 15.1. The van der Waals surface area contributed by atoms with Gasteiger partial charge >= 0.3 is 5.97 Å². The maximum absolute atomic E-state index is 10.7. The SMILES string of the molecule is Cn1c(C2CCCCC2)nc(CC(=O)O)c1Cl. The molecule has 1 aliphatic carbocycles. The summed E-state index contributed by atoms with van der Waals surface area (Å²) < 4.78 is 1.84.